The van der Waals surface area contributed by atoms with Crippen LogP contribution in [-0.2, 0) is 0 Å². The lowest BCUT2D eigenvalue weighted by molar-refractivity contribution is 0.0614. The molecule has 1 unspecified atom stereocenters. The van der Waals surface area contributed by atoms with Gasteiger partial charge in [0.15, 0.2) is 0 Å². The molecule has 4 rings (SSSR count). The predicted octanol–water partition coefficient (Wildman–Crippen LogP) is 4.25. The van der Waals surface area contributed by atoms with Crippen molar-refractivity contribution in [3.8, 4) is 5.75 Å². The van der Waals surface area contributed by atoms with Crippen LogP contribution in [0.1, 0.15) is 28.8 Å². The van der Waals surface area contributed by atoms with Crippen molar-refractivity contribution in [1.29, 1.82) is 0 Å². The highest BCUT2D eigenvalue weighted by molar-refractivity contribution is 5.85. The lowest BCUT2D eigenvalue weighted by Crippen LogP contribution is -2.48. The predicted molar refractivity (Wildman–Crippen MR) is 123 cm³/mol. The molecule has 0 aromatic heterocycles. The first-order valence-electron chi connectivity index (χ1n) is 10.2. The number of hydrogen-bond donors (Lipinski definition) is 2. The smallest absolute Gasteiger partial charge is 0.121 e. The van der Waals surface area contributed by atoms with Gasteiger partial charge in [0, 0.05) is 38.3 Å². The molecule has 158 valence electrons. The van der Waals surface area contributed by atoms with E-state index in [2.05, 4.69) is 70.5 Å². The molecule has 0 radical (unpaired) electrons. The number of para-hydroxylation sites is 1. The highest BCUT2D eigenvalue weighted by Crippen LogP contribution is 2.30. The third kappa shape index (κ3) is 5.21. The SMILES string of the molecule is Cl.Oc1ccccc1C(O)CN1CCN(C(c2ccccc2)c2ccccc2)CC1. The van der Waals surface area contributed by atoms with Crippen LogP contribution < -0.4 is 0 Å². The summed E-state index contributed by atoms with van der Waals surface area (Å²) in [5.74, 6) is 0.159. The van der Waals surface area contributed by atoms with E-state index in [9.17, 15) is 10.2 Å². The van der Waals surface area contributed by atoms with E-state index in [0.717, 1.165) is 26.2 Å². The molecule has 1 atom stereocenters. The molecule has 2 N–H and O–H groups in total. The van der Waals surface area contributed by atoms with Gasteiger partial charge in [0.1, 0.15) is 5.75 Å². The van der Waals surface area contributed by atoms with Gasteiger partial charge in [-0.3, -0.25) is 9.80 Å². The third-order valence-electron chi connectivity index (χ3n) is 5.73. The normalized spacial score (nSPS) is 16.2. The number of aliphatic hydroxyl groups is 1. The average Bonchev–Trinajstić information content (AvgIpc) is 2.77. The Hall–Kier alpha value is -2.37. The maximum atomic E-state index is 10.6. The number of hydrogen-bond acceptors (Lipinski definition) is 4. The van der Waals surface area contributed by atoms with E-state index in [4.69, 9.17) is 0 Å². The summed E-state index contributed by atoms with van der Waals surface area (Å²) in [5.41, 5.74) is 3.21. The molecule has 4 nitrogen and oxygen atoms in total. The van der Waals surface area contributed by atoms with Crippen LogP contribution in [0.5, 0.6) is 5.75 Å². The number of benzene rings is 3. The molecule has 0 spiro atoms. The first-order chi connectivity index (χ1) is 14.2. The van der Waals surface area contributed by atoms with E-state index in [1.54, 1.807) is 18.2 Å². The fourth-order valence-corrected chi connectivity index (χ4v) is 4.20. The van der Waals surface area contributed by atoms with Crippen molar-refractivity contribution in [1.82, 2.24) is 9.80 Å². The molecule has 1 aliphatic rings. The summed E-state index contributed by atoms with van der Waals surface area (Å²) in [6.07, 6.45) is -0.679. The summed E-state index contributed by atoms with van der Waals surface area (Å²) < 4.78 is 0. The molecule has 1 aliphatic heterocycles. The van der Waals surface area contributed by atoms with Gasteiger partial charge in [0.25, 0.3) is 0 Å². The van der Waals surface area contributed by atoms with E-state index in [1.165, 1.54) is 11.1 Å². The van der Waals surface area contributed by atoms with Crippen molar-refractivity contribution < 1.29 is 10.2 Å². The minimum Gasteiger partial charge on any atom is -0.508 e. The van der Waals surface area contributed by atoms with Crippen molar-refractivity contribution in [3.63, 3.8) is 0 Å². The zero-order valence-electron chi connectivity index (χ0n) is 17.0. The molecular formula is C25H29ClN2O2. The zero-order valence-corrected chi connectivity index (χ0v) is 17.8. The Morgan fingerprint density at radius 3 is 1.73 bits per heavy atom. The van der Waals surface area contributed by atoms with Gasteiger partial charge >= 0.3 is 0 Å². The van der Waals surface area contributed by atoms with Crippen molar-refractivity contribution in [2.75, 3.05) is 32.7 Å². The summed E-state index contributed by atoms with van der Waals surface area (Å²) in [7, 11) is 0. The summed E-state index contributed by atoms with van der Waals surface area (Å²) in [4.78, 5) is 4.80. The minimum atomic E-state index is -0.679. The number of halogens is 1. The van der Waals surface area contributed by atoms with Gasteiger partial charge in [0.2, 0.25) is 0 Å². The molecule has 1 heterocycles. The molecule has 0 aliphatic carbocycles. The van der Waals surface area contributed by atoms with Crippen LogP contribution >= 0.6 is 12.4 Å². The Balaban J connectivity index is 0.00000256. The van der Waals surface area contributed by atoms with Crippen LogP contribution in [0.4, 0.5) is 0 Å². The Labute approximate surface area is 184 Å². The average molecular weight is 425 g/mol. The Morgan fingerprint density at radius 2 is 1.20 bits per heavy atom. The van der Waals surface area contributed by atoms with E-state index < -0.39 is 6.10 Å². The standard InChI is InChI=1S/C25H28N2O2.ClH/c28-23-14-8-7-13-22(23)24(29)19-26-15-17-27(18-16-26)25(20-9-3-1-4-10-20)21-11-5-2-6-12-21;/h1-14,24-25,28-29H,15-19H2;1H. The van der Waals surface area contributed by atoms with Gasteiger partial charge in [-0.15, -0.1) is 12.4 Å². The van der Waals surface area contributed by atoms with Crippen molar-refractivity contribution in [3.05, 3.63) is 102 Å². The number of β-amino-alcohol motifs (C(OH)–C–C–N with tert-alkyl or cyclic N) is 1. The van der Waals surface area contributed by atoms with Gasteiger partial charge < -0.3 is 10.2 Å². The zero-order chi connectivity index (χ0) is 20.1. The van der Waals surface area contributed by atoms with Gasteiger partial charge in [-0.25, -0.2) is 0 Å². The third-order valence-corrected chi connectivity index (χ3v) is 5.73. The topological polar surface area (TPSA) is 46.9 Å². The summed E-state index contributed by atoms with van der Waals surface area (Å²) in [5, 5.41) is 20.6. The van der Waals surface area contributed by atoms with Crippen LogP contribution in [0.15, 0.2) is 84.9 Å². The van der Waals surface area contributed by atoms with Crippen molar-refractivity contribution >= 4 is 12.4 Å². The maximum Gasteiger partial charge on any atom is 0.121 e. The monoisotopic (exact) mass is 424 g/mol. The lowest BCUT2D eigenvalue weighted by Gasteiger charge is -2.40. The van der Waals surface area contributed by atoms with Gasteiger partial charge in [-0.05, 0) is 17.2 Å². The second-order valence-electron chi connectivity index (χ2n) is 7.64. The highest BCUT2D eigenvalue weighted by atomic mass is 35.5. The number of aromatic hydroxyl groups is 1. The molecule has 0 saturated carbocycles. The first-order valence-corrected chi connectivity index (χ1v) is 10.2. The fraction of sp³-hybridized carbons (Fsp3) is 0.280. The number of nitrogens with zero attached hydrogens (tertiary/aromatic N) is 2. The number of rotatable bonds is 6. The molecular weight excluding hydrogens is 396 g/mol. The van der Waals surface area contributed by atoms with Crippen LogP contribution in [0.25, 0.3) is 0 Å². The van der Waals surface area contributed by atoms with Crippen LogP contribution in [0.2, 0.25) is 0 Å². The van der Waals surface area contributed by atoms with E-state index in [1.807, 2.05) is 6.07 Å². The molecule has 3 aromatic rings. The fourth-order valence-electron chi connectivity index (χ4n) is 4.20. The number of phenols is 1. The maximum absolute atomic E-state index is 10.6. The molecule has 5 heteroatoms. The van der Waals surface area contributed by atoms with E-state index >= 15 is 0 Å². The first kappa shape index (κ1) is 22.3. The molecule has 1 fully saturated rings. The summed E-state index contributed by atoms with van der Waals surface area (Å²) in [6.45, 7) is 4.18. The Bertz CT molecular complexity index is 860. The van der Waals surface area contributed by atoms with Gasteiger partial charge in [0.05, 0.1) is 12.1 Å². The van der Waals surface area contributed by atoms with Crippen molar-refractivity contribution in [2.24, 2.45) is 0 Å². The van der Waals surface area contributed by atoms with E-state index in [-0.39, 0.29) is 24.2 Å². The number of aliphatic hydroxyl groups excluding tert-OH is 1. The highest BCUT2D eigenvalue weighted by Gasteiger charge is 2.27. The Kier molecular flexibility index (Phi) is 7.88. The van der Waals surface area contributed by atoms with Gasteiger partial charge in [-0.1, -0.05) is 78.9 Å². The molecule has 3 aromatic carbocycles. The minimum absolute atomic E-state index is 0. The van der Waals surface area contributed by atoms with Gasteiger partial charge in [-0.2, -0.15) is 0 Å². The van der Waals surface area contributed by atoms with Crippen LogP contribution in [-0.4, -0.2) is 52.7 Å². The second kappa shape index (κ2) is 10.6. The number of phenolic OH excluding ortho intramolecular Hbond substituents is 1. The van der Waals surface area contributed by atoms with Crippen LogP contribution in [0.3, 0.4) is 0 Å². The molecule has 0 amide bonds. The lowest BCUT2D eigenvalue weighted by atomic mass is 9.96. The Morgan fingerprint density at radius 1 is 0.700 bits per heavy atom. The summed E-state index contributed by atoms with van der Waals surface area (Å²) in [6, 6.07) is 28.6. The molecule has 0 bridgehead atoms. The number of piperazine rings is 1. The largest absolute Gasteiger partial charge is 0.508 e. The van der Waals surface area contributed by atoms with E-state index in [0.29, 0.717) is 12.1 Å². The summed E-state index contributed by atoms with van der Waals surface area (Å²) >= 11 is 0. The van der Waals surface area contributed by atoms with Crippen LogP contribution in [0, 0.1) is 0 Å². The van der Waals surface area contributed by atoms with Crippen molar-refractivity contribution in [2.45, 2.75) is 12.1 Å². The molecule has 30 heavy (non-hydrogen) atoms. The molecule has 1 saturated heterocycles. The second-order valence-corrected chi connectivity index (χ2v) is 7.64. The quantitative estimate of drug-likeness (QED) is 0.620.